The highest BCUT2D eigenvalue weighted by atomic mass is 16.6. The first-order valence-electron chi connectivity index (χ1n) is 23.1. The van der Waals surface area contributed by atoms with Gasteiger partial charge in [0.05, 0.1) is 47.9 Å². The SMILES string of the molecule is COC(=O)C(C)=CCC1OC(C)(C)C2CC(C1=O)C1C3C(=Nc4nccn41)c1c(OC(=O)CCN4CCN(C)CC4)c4c(c(CC=C(C)C)c1OC32C)OC(C)(CCC=C(C)C)C=C4. The van der Waals surface area contributed by atoms with Gasteiger partial charge in [0.1, 0.15) is 28.8 Å². The van der Waals surface area contributed by atoms with Crippen molar-refractivity contribution in [2.75, 3.05) is 46.9 Å². The molecule has 6 aliphatic rings. The van der Waals surface area contributed by atoms with Crippen molar-refractivity contribution in [3.05, 3.63) is 70.1 Å². The molecule has 3 fully saturated rings. The van der Waals surface area contributed by atoms with Gasteiger partial charge in [-0.2, -0.15) is 0 Å². The molecule has 1 aromatic heterocycles. The van der Waals surface area contributed by atoms with Crippen molar-refractivity contribution in [1.82, 2.24) is 19.4 Å². The molecule has 64 heavy (non-hydrogen) atoms. The Hall–Kier alpha value is -4.85. The van der Waals surface area contributed by atoms with Crippen LogP contribution < -0.4 is 14.2 Å². The Kier molecular flexibility index (Phi) is 12.5. The smallest absolute Gasteiger partial charge is 0.333 e. The molecule has 2 bridgehead atoms. The van der Waals surface area contributed by atoms with Crippen molar-refractivity contribution in [1.29, 1.82) is 0 Å². The summed E-state index contributed by atoms with van der Waals surface area (Å²) in [6.07, 6.45) is 16.1. The number of aromatic nitrogens is 2. The molecule has 2 aromatic rings. The molecular formula is C51H67N5O8. The zero-order valence-corrected chi connectivity index (χ0v) is 39.7. The van der Waals surface area contributed by atoms with Crippen molar-refractivity contribution in [2.24, 2.45) is 22.7 Å². The summed E-state index contributed by atoms with van der Waals surface area (Å²) < 4.78 is 35.5. The maximum absolute atomic E-state index is 15.1. The summed E-state index contributed by atoms with van der Waals surface area (Å²) in [6.45, 7) is 22.6. The van der Waals surface area contributed by atoms with E-state index in [9.17, 15) is 9.59 Å². The molecule has 6 heterocycles. The monoisotopic (exact) mass is 877 g/mol. The predicted molar refractivity (Wildman–Crippen MR) is 246 cm³/mol. The van der Waals surface area contributed by atoms with Crippen LogP contribution in [0.2, 0.25) is 0 Å². The van der Waals surface area contributed by atoms with Crippen molar-refractivity contribution in [3.8, 4) is 17.2 Å². The summed E-state index contributed by atoms with van der Waals surface area (Å²) in [5.74, 6) is -0.107. The quantitative estimate of drug-likeness (QED) is 0.0885. The van der Waals surface area contributed by atoms with Gasteiger partial charge in [-0.05, 0) is 114 Å². The third kappa shape index (κ3) is 8.44. The fraction of sp³-hybridized carbons (Fsp3) is 0.588. The minimum Gasteiger partial charge on any atom is -0.485 e. The summed E-state index contributed by atoms with van der Waals surface area (Å²) in [5, 5.41) is 0. The van der Waals surface area contributed by atoms with Crippen LogP contribution in [0.4, 0.5) is 5.95 Å². The standard InChI is InChI=1S/C51H67N5O8/c1-30(2)13-12-20-50(8)21-18-34-44(63-50)33(16-14-31(3)4)46-39(45(34)61-38(57)19-23-55-27-25-54(10)26-28-55)41-40-42(56-24-22-52-48(56)53-41)35-29-37(51(40,9)64-46)49(6,7)62-36(43(35)58)17-15-32(5)47(59)60-11/h13-15,18,21-22,24,35-37,40,42H,12,16-17,19-20,23,25-29H2,1-11H3. The number of esters is 2. The predicted octanol–water partition coefficient (Wildman–Crippen LogP) is 8.18. The molecule has 13 nitrogen and oxygen atoms in total. The highest BCUT2D eigenvalue weighted by Crippen LogP contribution is 2.64. The van der Waals surface area contributed by atoms with E-state index in [0.717, 1.165) is 50.2 Å². The van der Waals surface area contributed by atoms with Crippen LogP contribution in [0.5, 0.6) is 17.2 Å². The minimum atomic E-state index is -0.973. The van der Waals surface area contributed by atoms with Gasteiger partial charge in [-0.3, -0.25) is 9.59 Å². The Morgan fingerprint density at radius 1 is 0.969 bits per heavy atom. The van der Waals surface area contributed by atoms with Crippen molar-refractivity contribution >= 4 is 35.5 Å². The van der Waals surface area contributed by atoms with Crippen LogP contribution in [-0.4, -0.2) is 113 Å². The molecule has 13 heteroatoms. The van der Waals surface area contributed by atoms with E-state index in [1.807, 2.05) is 24.6 Å². The maximum Gasteiger partial charge on any atom is 0.333 e. The number of hydrogen-bond donors (Lipinski definition) is 0. The molecule has 2 saturated heterocycles. The molecule has 0 radical (unpaired) electrons. The fourth-order valence-corrected chi connectivity index (χ4v) is 11.0. The zero-order chi connectivity index (χ0) is 45.9. The number of ketones is 1. The summed E-state index contributed by atoms with van der Waals surface area (Å²) in [5.41, 5.74) is 3.10. The third-order valence-electron chi connectivity index (χ3n) is 14.5. The Morgan fingerprint density at radius 2 is 1.70 bits per heavy atom. The number of allylic oxidation sites excluding steroid dienone is 4. The topological polar surface area (TPSA) is 134 Å². The van der Waals surface area contributed by atoms with Crippen molar-refractivity contribution < 1.29 is 38.1 Å². The third-order valence-corrected chi connectivity index (χ3v) is 14.5. The second-order valence-corrected chi connectivity index (χ2v) is 20.2. The van der Waals surface area contributed by atoms with Gasteiger partial charge in [0.15, 0.2) is 11.5 Å². The number of aliphatic imine (C=N–C) groups is 1. The molecule has 7 unspecified atom stereocenters. The van der Waals surface area contributed by atoms with E-state index in [-0.39, 0.29) is 30.5 Å². The number of carbonyl (C=O) groups excluding carboxylic acids is 3. The van der Waals surface area contributed by atoms with Gasteiger partial charge in [0.25, 0.3) is 0 Å². The Labute approximate surface area is 378 Å². The number of carbonyl (C=O) groups is 3. The number of piperazine rings is 1. The van der Waals surface area contributed by atoms with Gasteiger partial charge in [0.2, 0.25) is 5.95 Å². The lowest BCUT2D eigenvalue weighted by Gasteiger charge is -2.59. The molecule has 1 aliphatic carbocycles. The van der Waals surface area contributed by atoms with E-state index in [0.29, 0.717) is 65.0 Å². The van der Waals surface area contributed by atoms with E-state index in [4.69, 9.17) is 33.7 Å². The normalized spacial score (nSPS) is 29.0. The highest BCUT2D eigenvalue weighted by Gasteiger charge is 2.67. The summed E-state index contributed by atoms with van der Waals surface area (Å²) >= 11 is 0. The molecule has 0 amide bonds. The second kappa shape index (κ2) is 17.5. The molecule has 344 valence electrons. The van der Waals surface area contributed by atoms with Crippen LogP contribution in [0.3, 0.4) is 0 Å². The molecule has 0 spiro atoms. The number of likely N-dealkylation sites (N-methyl/N-ethyl adjacent to an activating group) is 1. The summed E-state index contributed by atoms with van der Waals surface area (Å²) in [4.78, 5) is 56.5. The number of Topliss-reactive ketones (excluding diaryl/α,β-unsaturated/α-hetero) is 1. The first-order valence-corrected chi connectivity index (χ1v) is 23.1. The number of methoxy groups -OCH3 is 1. The number of hydrogen-bond acceptors (Lipinski definition) is 12. The first-order chi connectivity index (χ1) is 30.3. The number of nitrogens with zero attached hydrogens (tertiary/aromatic N) is 5. The molecule has 7 atom stereocenters. The molecular weight excluding hydrogens is 811 g/mol. The van der Waals surface area contributed by atoms with E-state index < -0.39 is 46.8 Å². The number of imidazole rings is 1. The Bertz CT molecular complexity index is 2360. The van der Waals surface area contributed by atoms with E-state index in [2.05, 4.69) is 82.7 Å². The second-order valence-electron chi connectivity index (χ2n) is 20.2. The summed E-state index contributed by atoms with van der Waals surface area (Å²) in [6, 6.07) is -0.444. The number of benzene rings is 1. The fourth-order valence-electron chi connectivity index (χ4n) is 11.0. The molecule has 8 rings (SSSR count). The minimum absolute atomic E-state index is 0.0442. The Morgan fingerprint density at radius 3 is 2.41 bits per heavy atom. The van der Waals surface area contributed by atoms with Crippen LogP contribution in [0, 0.1) is 17.8 Å². The highest BCUT2D eigenvalue weighted by molar-refractivity contribution is 6.12. The average Bonchev–Trinajstić information content (AvgIpc) is 3.69. The van der Waals surface area contributed by atoms with Gasteiger partial charge in [-0.15, -0.1) is 0 Å². The maximum atomic E-state index is 15.1. The number of fused-ring (bicyclic) bond motifs is 9. The van der Waals surface area contributed by atoms with Crippen LogP contribution in [0.25, 0.3) is 6.08 Å². The first kappa shape index (κ1) is 45.7. The van der Waals surface area contributed by atoms with E-state index in [1.54, 1.807) is 19.2 Å². The van der Waals surface area contributed by atoms with Gasteiger partial charge < -0.3 is 38.1 Å². The lowest BCUT2D eigenvalue weighted by atomic mass is 9.55. The zero-order valence-electron chi connectivity index (χ0n) is 39.7. The van der Waals surface area contributed by atoms with Crippen molar-refractivity contribution in [3.63, 3.8) is 0 Å². The van der Waals surface area contributed by atoms with Crippen LogP contribution >= 0.6 is 0 Å². The lowest BCUT2D eigenvalue weighted by molar-refractivity contribution is -0.165. The molecule has 5 aliphatic heterocycles. The van der Waals surface area contributed by atoms with Gasteiger partial charge in [-0.1, -0.05) is 29.4 Å². The van der Waals surface area contributed by atoms with Crippen LogP contribution in [0.15, 0.2) is 58.4 Å². The van der Waals surface area contributed by atoms with Crippen LogP contribution in [0.1, 0.15) is 117 Å². The number of rotatable bonds is 12. The van der Waals surface area contributed by atoms with Gasteiger partial charge in [-0.25, -0.2) is 14.8 Å². The lowest BCUT2D eigenvalue weighted by Crippen LogP contribution is -2.66. The van der Waals surface area contributed by atoms with Gasteiger partial charge >= 0.3 is 11.9 Å². The molecule has 1 saturated carbocycles. The molecule has 0 N–H and O–H groups in total. The van der Waals surface area contributed by atoms with Gasteiger partial charge in [0, 0.05) is 68.1 Å². The average molecular weight is 878 g/mol. The van der Waals surface area contributed by atoms with Crippen molar-refractivity contribution in [2.45, 2.75) is 130 Å². The summed E-state index contributed by atoms with van der Waals surface area (Å²) in [7, 11) is 3.47. The molecule has 1 aromatic carbocycles. The number of ether oxygens (including phenoxy) is 5. The largest absolute Gasteiger partial charge is 0.485 e. The Balaban J connectivity index is 1.32. The van der Waals surface area contributed by atoms with Crippen LogP contribution in [-0.2, 0) is 30.3 Å². The van der Waals surface area contributed by atoms with E-state index >= 15 is 4.79 Å². The van der Waals surface area contributed by atoms with E-state index in [1.165, 1.54) is 12.7 Å².